The number of nitrogen functional groups attached to an aromatic ring is 1. The Labute approximate surface area is 120 Å². The maximum atomic E-state index is 5.69. The Morgan fingerprint density at radius 1 is 1.39 bits per heavy atom. The number of hydrogen-bond donors (Lipinski definition) is 2. The zero-order valence-electron chi connectivity index (χ0n) is 10.4. The number of benzene rings is 1. The summed E-state index contributed by atoms with van der Waals surface area (Å²) in [4.78, 5) is 0. The molecule has 0 aromatic heterocycles. The molecular formula is C12H22Cl2N2O2. The molecule has 2 rings (SSSR count). The van der Waals surface area contributed by atoms with Crippen molar-refractivity contribution in [3.8, 4) is 0 Å². The maximum Gasteiger partial charge on any atom is 0.0748 e. The van der Waals surface area contributed by atoms with Crippen LogP contribution in [0.3, 0.4) is 0 Å². The average molecular weight is 297 g/mol. The van der Waals surface area contributed by atoms with Gasteiger partial charge in [0.15, 0.2) is 0 Å². The molecule has 0 spiro atoms. The fraction of sp³-hybridized carbons (Fsp3) is 0.500. The van der Waals surface area contributed by atoms with E-state index in [2.05, 4.69) is 12.2 Å². The highest BCUT2D eigenvalue weighted by atomic mass is 35.5. The van der Waals surface area contributed by atoms with Crippen molar-refractivity contribution >= 4 is 36.2 Å². The van der Waals surface area contributed by atoms with Gasteiger partial charge in [-0.05, 0) is 43.5 Å². The minimum absolute atomic E-state index is 0. The molecule has 1 aromatic carbocycles. The van der Waals surface area contributed by atoms with E-state index in [1.165, 1.54) is 18.4 Å². The molecule has 5 N–H and O–H groups in total. The van der Waals surface area contributed by atoms with E-state index in [0.717, 1.165) is 24.5 Å². The molecule has 0 aliphatic carbocycles. The lowest BCUT2D eigenvalue weighted by atomic mass is 10.1. The number of anilines is 2. The van der Waals surface area contributed by atoms with Gasteiger partial charge in [-0.2, -0.15) is 0 Å². The Hall–Kier alpha value is -0.680. The summed E-state index contributed by atoms with van der Waals surface area (Å²) in [5.41, 5.74) is 8.85. The summed E-state index contributed by atoms with van der Waals surface area (Å²) in [5.74, 6) is 0. The van der Waals surface area contributed by atoms with E-state index < -0.39 is 0 Å². The van der Waals surface area contributed by atoms with Gasteiger partial charge < -0.3 is 21.3 Å². The van der Waals surface area contributed by atoms with Gasteiger partial charge in [0.05, 0.1) is 6.10 Å². The standard InChI is InChI=1S/C12H18N2O.2ClH.H2O/c1-9-7-10(13)4-5-12(9)14-8-11-3-2-6-15-11;;;/h4-5,7,11,14H,2-3,6,8,13H2,1H3;2*1H;1H2. The predicted octanol–water partition coefficient (Wildman–Crippen LogP) is 2.19. The van der Waals surface area contributed by atoms with Crippen LogP contribution >= 0.6 is 24.8 Å². The van der Waals surface area contributed by atoms with Crippen LogP contribution < -0.4 is 11.1 Å². The molecule has 4 nitrogen and oxygen atoms in total. The van der Waals surface area contributed by atoms with Crippen molar-refractivity contribution in [2.24, 2.45) is 0 Å². The molecule has 1 aromatic rings. The Morgan fingerprint density at radius 2 is 2.11 bits per heavy atom. The van der Waals surface area contributed by atoms with Gasteiger partial charge in [-0.3, -0.25) is 0 Å². The van der Waals surface area contributed by atoms with Crippen molar-refractivity contribution in [1.29, 1.82) is 0 Å². The summed E-state index contributed by atoms with van der Waals surface area (Å²) >= 11 is 0. The molecule has 0 bridgehead atoms. The number of rotatable bonds is 3. The van der Waals surface area contributed by atoms with Crippen LogP contribution in [0.1, 0.15) is 18.4 Å². The van der Waals surface area contributed by atoms with Gasteiger partial charge in [-0.15, -0.1) is 24.8 Å². The van der Waals surface area contributed by atoms with Gasteiger partial charge in [0.2, 0.25) is 0 Å². The highest BCUT2D eigenvalue weighted by molar-refractivity contribution is 5.85. The van der Waals surface area contributed by atoms with E-state index in [1.807, 2.05) is 18.2 Å². The fourth-order valence-corrected chi connectivity index (χ4v) is 1.91. The Bertz CT molecular complexity index is 345. The van der Waals surface area contributed by atoms with Crippen molar-refractivity contribution in [2.45, 2.75) is 25.9 Å². The molecular weight excluding hydrogens is 275 g/mol. The van der Waals surface area contributed by atoms with Crippen molar-refractivity contribution in [3.63, 3.8) is 0 Å². The third kappa shape index (κ3) is 5.31. The van der Waals surface area contributed by atoms with Crippen molar-refractivity contribution in [2.75, 3.05) is 24.2 Å². The van der Waals surface area contributed by atoms with Gasteiger partial charge in [-0.25, -0.2) is 0 Å². The maximum absolute atomic E-state index is 5.69. The normalized spacial score (nSPS) is 17.1. The fourth-order valence-electron chi connectivity index (χ4n) is 1.91. The molecule has 0 saturated carbocycles. The second kappa shape index (κ2) is 9.28. The minimum Gasteiger partial charge on any atom is -0.412 e. The van der Waals surface area contributed by atoms with Crippen LogP contribution in [-0.4, -0.2) is 24.7 Å². The van der Waals surface area contributed by atoms with Crippen molar-refractivity contribution in [3.05, 3.63) is 23.8 Å². The quantitative estimate of drug-likeness (QED) is 0.839. The van der Waals surface area contributed by atoms with E-state index in [9.17, 15) is 0 Å². The lowest BCUT2D eigenvalue weighted by molar-refractivity contribution is 0.120. The lowest BCUT2D eigenvalue weighted by Gasteiger charge is -2.13. The first kappa shape index (κ1) is 19.7. The van der Waals surface area contributed by atoms with Crippen LogP contribution in [0.5, 0.6) is 0 Å². The number of hydrogen-bond acceptors (Lipinski definition) is 3. The minimum atomic E-state index is 0. The highest BCUT2D eigenvalue weighted by Crippen LogP contribution is 2.19. The second-order valence-electron chi connectivity index (χ2n) is 4.09. The molecule has 6 heteroatoms. The summed E-state index contributed by atoms with van der Waals surface area (Å²) in [6.07, 6.45) is 2.73. The van der Waals surface area contributed by atoms with Crippen molar-refractivity contribution < 1.29 is 10.2 Å². The molecule has 0 amide bonds. The molecule has 1 aliphatic rings. The van der Waals surface area contributed by atoms with Crippen LogP contribution in [0.4, 0.5) is 11.4 Å². The average Bonchev–Trinajstić information content (AvgIpc) is 2.69. The predicted molar refractivity (Wildman–Crippen MR) is 81.2 cm³/mol. The molecule has 106 valence electrons. The van der Waals surface area contributed by atoms with Gasteiger partial charge in [0.1, 0.15) is 0 Å². The first-order chi connectivity index (χ1) is 7.25. The zero-order valence-corrected chi connectivity index (χ0v) is 12.1. The second-order valence-corrected chi connectivity index (χ2v) is 4.09. The van der Waals surface area contributed by atoms with Gasteiger partial charge in [0.25, 0.3) is 0 Å². The first-order valence-corrected chi connectivity index (χ1v) is 5.47. The van der Waals surface area contributed by atoms with E-state index in [-0.39, 0.29) is 30.3 Å². The first-order valence-electron chi connectivity index (χ1n) is 5.47. The summed E-state index contributed by atoms with van der Waals surface area (Å²) in [5, 5.41) is 3.40. The van der Waals surface area contributed by atoms with Crippen LogP contribution in [0.15, 0.2) is 18.2 Å². The number of nitrogens with one attached hydrogen (secondary N) is 1. The summed E-state index contributed by atoms with van der Waals surface area (Å²) < 4.78 is 5.55. The number of halogens is 2. The molecule has 1 unspecified atom stereocenters. The van der Waals surface area contributed by atoms with Crippen LogP contribution in [0.25, 0.3) is 0 Å². The lowest BCUT2D eigenvalue weighted by Crippen LogP contribution is -2.18. The summed E-state index contributed by atoms with van der Waals surface area (Å²) in [6, 6.07) is 5.93. The van der Waals surface area contributed by atoms with Gasteiger partial charge >= 0.3 is 0 Å². The number of aryl methyl sites for hydroxylation is 1. The summed E-state index contributed by atoms with van der Waals surface area (Å²) in [6.45, 7) is 3.87. The molecule has 0 radical (unpaired) electrons. The number of ether oxygens (including phenoxy) is 1. The third-order valence-electron chi connectivity index (χ3n) is 2.79. The molecule has 1 aliphatic heterocycles. The Kier molecular flexibility index (Phi) is 10.1. The highest BCUT2D eigenvalue weighted by Gasteiger charge is 2.14. The van der Waals surface area contributed by atoms with E-state index in [1.54, 1.807) is 0 Å². The van der Waals surface area contributed by atoms with E-state index >= 15 is 0 Å². The zero-order chi connectivity index (χ0) is 10.7. The molecule has 1 atom stereocenters. The van der Waals surface area contributed by atoms with Gasteiger partial charge in [-0.1, -0.05) is 0 Å². The summed E-state index contributed by atoms with van der Waals surface area (Å²) in [7, 11) is 0. The van der Waals surface area contributed by atoms with Crippen molar-refractivity contribution in [1.82, 2.24) is 0 Å². The largest absolute Gasteiger partial charge is 0.412 e. The Balaban J connectivity index is 0. The van der Waals surface area contributed by atoms with Crippen LogP contribution in [-0.2, 0) is 4.74 Å². The smallest absolute Gasteiger partial charge is 0.0748 e. The molecule has 1 saturated heterocycles. The SMILES string of the molecule is Cc1cc(N)ccc1NCC1CCCO1.Cl.Cl.O. The van der Waals surface area contributed by atoms with E-state index in [4.69, 9.17) is 10.5 Å². The monoisotopic (exact) mass is 296 g/mol. The molecule has 1 fully saturated rings. The third-order valence-corrected chi connectivity index (χ3v) is 2.79. The number of nitrogens with two attached hydrogens (primary N) is 1. The van der Waals surface area contributed by atoms with Crippen LogP contribution in [0, 0.1) is 6.92 Å². The van der Waals surface area contributed by atoms with E-state index in [0.29, 0.717) is 6.10 Å². The molecule has 18 heavy (non-hydrogen) atoms. The molecule has 1 heterocycles. The van der Waals surface area contributed by atoms with Crippen LogP contribution in [0.2, 0.25) is 0 Å². The topological polar surface area (TPSA) is 78.8 Å². The Morgan fingerprint density at radius 3 is 2.67 bits per heavy atom. The van der Waals surface area contributed by atoms with Gasteiger partial charge in [0, 0.05) is 24.5 Å².